The maximum atomic E-state index is 13.0. The van der Waals surface area contributed by atoms with E-state index in [-0.39, 0.29) is 22.6 Å². The van der Waals surface area contributed by atoms with Gasteiger partial charge in [0.1, 0.15) is 5.56 Å². The number of pyridine rings is 1. The van der Waals surface area contributed by atoms with E-state index in [0.29, 0.717) is 11.6 Å². The smallest absolute Gasteiger partial charge is 0.261 e. The van der Waals surface area contributed by atoms with Gasteiger partial charge in [0.05, 0.1) is 11.7 Å². The lowest BCUT2D eigenvalue weighted by Gasteiger charge is -2.33. The molecule has 2 aromatic heterocycles. The van der Waals surface area contributed by atoms with Crippen LogP contribution in [0.1, 0.15) is 53.6 Å². The molecule has 0 radical (unpaired) electrons. The minimum Gasteiger partial charge on any atom is -0.343 e. The Morgan fingerprint density at radius 3 is 2.55 bits per heavy atom. The van der Waals surface area contributed by atoms with Crippen molar-refractivity contribution in [3.8, 4) is 0 Å². The number of carbonyl (C=O) groups is 1. The third kappa shape index (κ3) is 4.56. The Kier molecular flexibility index (Phi) is 5.95. The Morgan fingerprint density at radius 2 is 1.84 bits per heavy atom. The number of fused-ring (bicyclic) bond motifs is 1. The van der Waals surface area contributed by atoms with Crippen LogP contribution in [0.25, 0.3) is 0 Å². The van der Waals surface area contributed by atoms with Gasteiger partial charge in [-0.3, -0.25) is 19.4 Å². The summed E-state index contributed by atoms with van der Waals surface area (Å²) >= 11 is 0. The molecule has 0 saturated carbocycles. The molecule has 0 aromatic carbocycles. The van der Waals surface area contributed by atoms with E-state index in [0.717, 1.165) is 56.7 Å². The van der Waals surface area contributed by atoms with Gasteiger partial charge in [-0.25, -0.2) is 4.98 Å². The molecule has 4 rings (SSSR count). The molecule has 2 aromatic rings. The number of aromatic nitrogens is 3. The summed E-state index contributed by atoms with van der Waals surface area (Å²) in [5, 5.41) is 2.94. The van der Waals surface area contributed by atoms with E-state index < -0.39 is 11.9 Å². The van der Waals surface area contributed by atoms with Crippen LogP contribution in [-0.4, -0.2) is 59.0 Å². The first-order chi connectivity index (χ1) is 14.8. The van der Waals surface area contributed by atoms with Crippen molar-refractivity contribution in [3.63, 3.8) is 0 Å². The number of H-pyrrole nitrogens is 2. The van der Waals surface area contributed by atoms with Gasteiger partial charge in [0.15, 0.2) is 0 Å². The predicted octanol–water partition coefficient (Wildman–Crippen LogP) is 0.826. The van der Waals surface area contributed by atoms with Crippen LogP contribution in [0.15, 0.2) is 21.7 Å². The van der Waals surface area contributed by atoms with Crippen LogP contribution in [-0.2, 0) is 12.8 Å². The number of hydrogen-bond acceptors (Lipinski definition) is 6. The number of aromatic amines is 2. The van der Waals surface area contributed by atoms with Crippen LogP contribution in [0.4, 0.5) is 5.95 Å². The minimum atomic E-state index is -0.492. The topological polar surface area (TPSA) is 114 Å². The van der Waals surface area contributed by atoms with E-state index in [1.807, 2.05) is 13.8 Å². The van der Waals surface area contributed by atoms with E-state index in [4.69, 9.17) is 0 Å². The maximum Gasteiger partial charge on any atom is 0.261 e. The van der Waals surface area contributed by atoms with E-state index in [2.05, 4.69) is 37.1 Å². The Hall–Kier alpha value is -2.94. The summed E-state index contributed by atoms with van der Waals surface area (Å²) in [7, 11) is 2.06. The van der Waals surface area contributed by atoms with Crippen molar-refractivity contribution in [1.29, 1.82) is 0 Å². The number of nitrogens with zero attached hydrogens (tertiary/aromatic N) is 3. The molecule has 3 heterocycles. The average molecular weight is 427 g/mol. The number of nitrogens with one attached hydrogen (secondary N) is 3. The number of likely N-dealkylation sites (N-methyl/N-ethyl adjacent to an activating group) is 1. The summed E-state index contributed by atoms with van der Waals surface area (Å²) in [6.45, 7) is 7.23. The molecule has 166 valence electrons. The molecule has 9 heteroatoms. The van der Waals surface area contributed by atoms with Gasteiger partial charge in [-0.15, -0.1) is 0 Å². The van der Waals surface area contributed by atoms with Gasteiger partial charge in [0.25, 0.3) is 17.0 Å². The quantitative estimate of drug-likeness (QED) is 0.652. The first-order valence-corrected chi connectivity index (χ1v) is 10.9. The largest absolute Gasteiger partial charge is 0.343 e. The fraction of sp³-hybridized carbons (Fsp3) is 0.545. The molecule has 31 heavy (non-hydrogen) atoms. The normalized spacial score (nSPS) is 17.6. The summed E-state index contributed by atoms with van der Waals surface area (Å²) in [4.78, 5) is 52.5. The zero-order valence-corrected chi connectivity index (χ0v) is 18.3. The van der Waals surface area contributed by atoms with Gasteiger partial charge in [-0.2, -0.15) is 0 Å². The van der Waals surface area contributed by atoms with Crippen LogP contribution in [0.5, 0.6) is 0 Å². The zero-order chi connectivity index (χ0) is 22.1. The molecule has 2 aliphatic rings. The molecule has 9 nitrogen and oxygen atoms in total. The SMILES string of the molecule is CC(C)[C@@H](NC(=O)c1cc2c([nH]c1=O)CCC2)c1cc(=O)[nH]c(N2CCN(C)CC2)n1. The first-order valence-electron chi connectivity index (χ1n) is 10.9. The predicted molar refractivity (Wildman–Crippen MR) is 119 cm³/mol. The molecule has 1 fully saturated rings. The third-order valence-corrected chi connectivity index (χ3v) is 6.16. The number of rotatable bonds is 5. The van der Waals surface area contributed by atoms with Crippen LogP contribution in [0.2, 0.25) is 0 Å². The highest BCUT2D eigenvalue weighted by molar-refractivity contribution is 5.94. The van der Waals surface area contributed by atoms with Crippen LogP contribution < -0.4 is 21.3 Å². The van der Waals surface area contributed by atoms with E-state index >= 15 is 0 Å². The molecule has 1 saturated heterocycles. The van der Waals surface area contributed by atoms with Crippen LogP contribution in [0, 0.1) is 5.92 Å². The Bertz CT molecular complexity index is 1080. The van der Waals surface area contributed by atoms with Gasteiger partial charge in [-0.05, 0) is 43.9 Å². The van der Waals surface area contributed by atoms with Crippen LogP contribution in [0.3, 0.4) is 0 Å². The lowest BCUT2D eigenvalue weighted by atomic mass is 10.00. The number of amides is 1. The lowest BCUT2D eigenvalue weighted by molar-refractivity contribution is 0.0922. The summed E-state index contributed by atoms with van der Waals surface area (Å²) < 4.78 is 0. The highest BCUT2D eigenvalue weighted by Gasteiger charge is 2.25. The molecule has 3 N–H and O–H groups in total. The molecular weight excluding hydrogens is 396 g/mol. The number of carbonyl (C=O) groups excluding carboxylic acids is 1. The fourth-order valence-corrected chi connectivity index (χ4v) is 4.27. The second-order valence-electron chi connectivity index (χ2n) is 8.85. The standard InChI is InChI=1S/C22H30N6O3/c1-13(2)19(26-21(31)15-11-14-5-4-6-16(14)23-20(15)30)17-12-18(29)25-22(24-17)28-9-7-27(3)8-10-28/h11-13,19H,4-10H2,1-3H3,(H,23,30)(H,26,31)(H,24,25,29)/t19-/m1/s1. The average Bonchev–Trinajstić information content (AvgIpc) is 3.18. The summed E-state index contributed by atoms with van der Waals surface area (Å²) in [5.41, 5.74) is 1.92. The van der Waals surface area contributed by atoms with Gasteiger partial charge < -0.3 is 20.1 Å². The van der Waals surface area contributed by atoms with Crippen molar-refractivity contribution in [2.45, 2.75) is 39.2 Å². The Morgan fingerprint density at radius 1 is 1.10 bits per heavy atom. The summed E-state index contributed by atoms with van der Waals surface area (Å²) in [6.07, 6.45) is 2.69. The zero-order valence-electron chi connectivity index (χ0n) is 18.3. The van der Waals surface area contributed by atoms with Gasteiger partial charge in [0, 0.05) is 37.9 Å². The van der Waals surface area contributed by atoms with Crippen molar-refractivity contribution >= 4 is 11.9 Å². The molecular formula is C22H30N6O3. The number of piperazine rings is 1. The van der Waals surface area contributed by atoms with Gasteiger partial charge in [-0.1, -0.05) is 13.8 Å². The molecule has 0 spiro atoms. The molecule has 1 amide bonds. The number of hydrogen-bond donors (Lipinski definition) is 3. The fourth-order valence-electron chi connectivity index (χ4n) is 4.27. The van der Waals surface area contributed by atoms with Crippen molar-refractivity contribution in [2.24, 2.45) is 5.92 Å². The molecule has 0 unspecified atom stereocenters. The van der Waals surface area contributed by atoms with Crippen molar-refractivity contribution < 1.29 is 4.79 Å². The lowest BCUT2D eigenvalue weighted by Crippen LogP contribution is -2.46. The van der Waals surface area contributed by atoms with Crippen molar-refractivity contribution in [3.05, 3.63) is 55.4 Å². The van der Waals surface area contributed by atoms with Gasteiger partial charge >= 0.3 is 0 Å². The number of anilines is 1. The highest BCUT2D eigenvalue weighted by atomic mass is 16.2. The van der Waals surface area contributed by atoms with Crippen LogP contribution >= 0.6 is 0 Å². The Labute approximate surface area is 180 Å². The van der Waals surface area contributed by atoms with Crippen molar-refractivity contribution in [1.82, 2.24) is 25.2 Å². The summed E-state index contributed by atoms with van der Waals surface area (Å²) in [6, 6.07) is 2.64. The number of aryl methyl sites for hydroxylation is 2. The molecule has 0 bridgehead atoms. The maximum absolute atomic E-state index is 13.0. The van der Waals surface area contributed by atoms with E-state index in [9.17, 15) is 14.4 Å². The second kappa shape index (κ2) is 8.66. The van der Waals surface area contributed by atoms with Crippen molar-refractivity contribution in [2.75, 3.05) is 38.1 Å². The molecule has 1 aliphatic carbocycles. The highest BCUT2D eigenvalue weighted by Crippen LogP contribution is 2.22. The molecule has 1 aliphatic heterocycles. The van der Waals surface area contributed by atoms with Gasteiger partial charge in [0.2, 0.25) is 5.95 Å². The minimum absolute atomic E-state index is 0.0212. The molecule has 1 atom stereocenters. The monoisotopic (exact) mass is 426 g/mol. The van der Waals surface area contributed by atoms with E-state index in [1.54, 1.807) is 6.07 Å². The first kappa shape index (κ1) is 21.3. The van der Waals surface area contributed by atoms with E-state index in [1.165, 1.54) is 6.07 Å². The second-order valence-corrected chi connectivity index (χ2v) is 8.85. The Balaban J connectivity index is 1.60. The third-order valence-electron chi connectivity index (χ3n) is 6.16. The summed E-state index contributed by atoms with van der Waals surface area (Å²) in [5.74, 6) is 0.0517.